The molecule has 0 radical (unpaired) electrons. The van der Waals surface area contributed by atoms with E-state index in [-0.39, 0.29) is 21.4 Å². The van der Waals surface area contributed by atoms with Gasteiger partial charge in [-0.25, -0.2) is 8.42 Å². The number of nitrogens with one attached hydrogen (secondary N) is 2. The summed E-state index contributed by atoms with van der Waals surface area (Å²) < 4.78 is 31.3. The first-order valence-corrected chi connectivity index (χ1v) is 10.3. The molecule has 11 heteroatoms. The van der Waals surface area contributed by atoms with E-state index in [1.165, 1.54) is 49.4 Å². The van der Waals surface area contributed by atoms with Crippen molar-refractivity contribution < 1.29 is 27.5 Å². The molecule has 0 fully saturated rings. The minimum absolute atomic E-state index is 0.108. The number of hydrogen-bond donors (Lipinski definition) is 2. The lowest BCUT2D eigenvalue weighted by atomic mass is 10.1. The monoisotopic (exact) mass is 458 g/mol. The molecule has 0 aliphatic rings. The van der Waals surface area contributed by atoms with Crippen molar-refractivity contribution in [3.63, 3.8) is 0 Å². The Morgan fingerprint density at radius 2 is 1.69 bits per heavy atom. The van der Waals surface area contributed by atoms with E-state index >= 15 is 0 Å². The largest absolute Gasteiger partial charge is 0.456 e. The Kier molecular flexibility index (Phi) is 7.74. The van der Waals surface area contributed by atoms with Crippen LogP contribution in [-0.2, 0) is 24.3 Å². The van der Waals surface area contributed by atoms with E-state index in [0.29, 0.717) is 10.7 Å². The highest BCUT2D eigenvalue weighted by Gasteiger charge is 2.18. The zero-order valence-corrected chi connectivity index (χ0v) is 17.4. The van der Waals surface area contributed by atoms with E-state index < -0.39 is 34.9 Å². The number of sulfonamides is 1. The van der Waals surface area contributed by atoms with E-state index in [1.807, 2.05) is 0 Å². The molecule has 154 valence electrons. The van der Waals surface area contributed by atoms with Crippen molar-refractivity contribution in [2.45, 2.75) is 11.8 Å². The van der Waals surface area contributed by atoms with Crippen LogP contribution in [0.4, 0.5) is 5.69 Å². The van der Waals surface area contributed by atoms with Gasteiger partial charge in [0.05, 0.1) is 9.92 Å². The summed E-state index contributed by atoms with van der Waals surface area (Å²) in [6.07, 6.45) is 0. The van der Waals surface area contributed by atoms with Crippen LogP contribution in [-0.4, -0.2) is 39.2 Å². The zero-order chi connectivity index (χ0) is 21.6. The Morgan fingerprint density at radius 3 is 2.28 bits per heavy atom. The Morgan fingerprint density at radius 1 is 1.03 bits per heavy atom. The Labute approximate surface area is 177 Å². The Hall–Kier alpha value is -2.46. The first kappa shape index (κ1) is 22.8. The third-order valence-corrected chi connectivity index (χ3v) is 5.45. The lowest BCUT2D eigenvalue weighted by Crippen LogP contribution is -2.31. The highest BCUT2D eigenvalue weighted by Crippen LogP contribution is 2.21. The fourth-order valence-corrected chi connectivity index (χ4v) is 3.63. The second-order valence-corrected chi connectivity index (χ2v) is 8.35. The molecule has 0 saturated heterocycles. The lowest BCUT2D eigenvalue weighted by molar-refractivity contribution is -0.141. The zero-order valence-electron chi connectivity index (χ0n) is 15.1. The molecule has 8 nitrogen and oxygen atoms in total. The molecule has 2 rings (SSSR count). The molecule has 0 aromatic heterocycles. The lowest BCUT2D eigenvalue weighted by Gasteiger charge is -2.09. The van der Waals surface area contributed by atoms with Crippen molar-refractivity contribution in [2.75, 3.05) is 18.5 Å². The number of amides is 1. The average Bonchev–Trinajstić information content (AvgIpc) is 2.64. The van der Waals surface area contributed by atoms with Gasteiger partial charge in [-0.1, -0.05) is 23.2 Å². The van der Waals surface area contributed by atoms with Crippen LogP contribution in [0.25, 0.3) is 0 Å². The van der Waals surface area contributed by atoms with Gasteiger partial charge in [-0.05, 0) is 42.5 Å². The number of hydrogen-bond acceptors (Lipinski definition) is 6. The van der Waals surface area contributed by atoms with Gasteiger partial charge in [-0.15, -0.1) is 0 Å². The van der Waals surface area contributed by atoms with Gasteiger partial charge >= 0.3 is 5.97 Å². The Balaban J connectivity index is 1.89. The van der Waals surface area contributed by atoms with Crippen LogP contribution < -0.4 is 10.0 Å². The number of halogens is 2. The third kappa shape index (κ3) is 6.82. The molecule has 0 atom stereocenters. The maximum absolute atomic E-state index is 12.2. The van der Waals surface area contributed by atoms with Crippen molar-refractivity contribution in [3.8, 4) is 0 Å². The summed E-state index contributed by atoms with van der Waals surface area (Å²) in [7, 11) is -3.99. The van der Waals surface area contributed by atoms with E-state index in [0.717, 1.165) is 0 Å². The van der Waals surface area contributed by atoms with Crippen molar-refractivity contribution in [3.05, 3.63) is 58.1 Å². The molecule has 0 saturated carbocycles. The maximum Gasteiger partial charge on any atom is 0.321 e. The van der Waals surface area contributed by atoms with Crippen LogP contribution in [0.1, 0.15) is 17.3 Å². The number of ketones is 1. The highest BCUT2D eigenvalue weighted by molar-refractivity contribution is 7.89. The summed E-state index contributed by atoms with van der Waals surface area (Å²) in [6, 6.07) is 9.59. The maximum atomic E-state index is 12.2. The van der Waals surface area contributed by atoms with Crippen molar-refractivity contribution in [2.24, 2.45) is 0 Å². The van der Waals surface area contributed by atoms with Gasteiger partial charge in [-0.3, -0.25) is 14.4 Å². The number of benzene rings is 2. The highest BCUT2D eigenvalue weighted by atomic mass is 35.5. The number of rotatable bonds is 8. The molecule has 1 amide bonds. The smallest absolute Gasteiger partial charge is 0.321 e. The average molecular weight is 459 g/mol. The number of esters is 1. The molecule has 0 aliphatic heterocycles. The third-order valence-electron chi connectivity index (χ3n) is 3.49. The standard InChI is InChI=1S/C18H16Cl2N2O6S/c1-11(23)22-13-3-5-14(6-4-13)29(26,27)21-9-18(25)28-10-17(24)15-7-2-12(19)8-16(15)20/h2-8,21H,9-10H2,1H3,(H,22,23). The van der Waals surface area contributed by atoms with Gasteiger partial charge in [0, 0.05) is 23.2 Å². The number of anilines is 1. The fourth-order valence-electron chi connectivity index (χ4n) is 2.15. The molecule has 0 heterocycles. The molecule has 0 bridgehead atoms. The van der Waals surface area contributed by atoms with Crippen molar-refractivity contribution >= 4 is 56.6 Å². The van der Waals surface area contributed by atoms with Gasteiger partial charge in [0.25, 0.3) is 0 Å². The first-order valence-electron chi connectivity index (χ1n) is 8.09. The number of carbonyl (C=O) groups is 3. The molecule has 0 spiro atoms. The van der Waals surface area contributed by atoms with Crippen LogP contribution in [0.15, 0.2) is 47.4 Å². The van der Waals surface area contributed by atoms with Crippen molar-refractivity contribution in [1.29, 1.82) is 0 Å². The number of carbonyl (C=O) groups excluding carboxylic acids is 3. The second-order valence-electron chi connectivity index (χ2n) is 5.74. The second kappa shape index (κ2) is 9.84. The van der Waals surface area contributed by atoms with Crippen LogP contribution in [0.5, 0.6) is 0 Å². The minimum atomic E-state index is -3.99. The van der Waals surface area contributed by atoms with Crippen LogP contribution in [0.3, 0.4) is 0 Å². The Bertz CT molecular complexity index is 1040. The number of Topliss-reactive ketones (excluding diaryl/α,β-unsaturated/α-hetero) is 1. The van der Waals surface area contributed by atoms with E-state index in [2.05, 4.69) is 10.0 Å². The minimum Gasteiger partial charge on any atom is -0.456 e. The molecule has 2 aromatic rings. The van der Waals surface area contributed by atoms with Crippen LogP contribution >= 0.6 is 23.2 Å². The molecular weight excluding hydrogens is 443 g/mol. The quantitative estimate of drug-likeness (QED) is 0.463. The molecule has 0 unspecified atom stereocenters. The summed E-state index contributed by atoms with van der Waals surface area (Å²) >= 11 is 11.7. The summed E-state index contributed by atoms with van der Waals surface area (Å²) in [5.41, 5.74) is 0.555. The molecule has 2 aromatic carbocycles. The molecule has 29 heavy (non-hydrogen) atoms. The van der Waals surface area contributed by atoms with E-state index in [1.54, 1.807) is 0 Å². The van der Waals surface area contributed by atoms with Gasteiger partial charge < -0.3 is 10.1 Å². The molecule has 2 N–H and O–H groups in total. The summed E-state index contributed by atoms with van der Waals surface area (Å²) in [5.74, 6) is -1.80. The van der Waals surface area contributed by atoms with E-state index in [4.69, 9.17) is 27.9 Å². The fraction of sp³-hybridized carbons (Fsp3) is 0.167. The normalized spacial score (nSPS) is 11.0. The van der Waals surface area contributed by atoms with Gasteiger partial charge in [0.1, 0.15) is 6.54 Å². The topological polar surface area (TPSA) is 119 Å². The summed E-state index contributed by atoms with van der Waals surface area (Å²) in [6.45, 7) is 0.0498. The van der Waals surface area contributed by atoms with Gasteiger partial charge in [-0.2, -0.15) is 4.72 Å². The predicted octanol–water partition coefficient (Wildman–Crippen LogP) is 2.66. The van der Waals surface area contributed by atoms with E-state index in [9.17, 15) is 22.8 Å². The summed E-state index contributed by atoms with van der Waals surface area (Å²) in [5, 5.41) is 2.97. The van der Waals surface area contributed by atoms with Gasteiger partial charge in [0.2, 0.25) is 21.7 Å². The van der Waals surface area contributed by atoms with Gasteiger partial charge in [0.15, 0.2) is 6.61 Å². The molecule has 0 aliphatic carbocycles. The summed E-state index contributed by atoms with van der Waals surface area (Å²) in [4.78, 5) is 34.7. The SMILES string of the molecule is CC(=O)Nc1ccc(S(=O)(=O)NCC(=O)OCC(=O)c2ccc(Cl)cc2Cl)cc1. The van der Waals surface area contributed by atoms with Crippen LogP contribution in [0.2, 0.25) is 10.0 Å². The number of ether oxygens (including phenoxy) is 1. The van der Waals surface area contributed by atoms with Crippen molar-refractivity contribution in [1.82, 2.24) is 4.72 Å². The molecular formula is C18H16Cl2N2O6S. The van der Waals surface area contributed by atoms with Crippen LogP contribution in [0, 0.1) is 0 Å². The first-order chi connectivity index (χ1) is 13.6. The predicted molar refractivity (Wildman–Crippen MR) is 108 cm³/mol.